The van der Waals surface area contributed by atoms with Crippen LogP contribution in [-0.2, 0) is 6.42 Å². The Kier molecular flexibility index (Phi) is 4.08. The van der Waals surface area contributed by atoms with Gasteiger partial charge >= 0.3 is 0 Å². The molecule has 3 heterocycles. The Morgan fingerprint density at radius 2 is 1.34 bits per heavy atom. The molecule has 4 aromatic carbocycles. The maximum absolute atomic E-state index is 9.62. The van der Waals surface area contributed by atoms with E-state index in [1.54, 1.807) is 0 Å². The number of imidazole rings is 2. The molecule has 0 saturated heterocycles. The van der Waals surface area contributed by atoms with E-state index in [1.165, 1.54) is 5.56 Å². The number of aryl methyl sites for hydroxylation is 1. The molecule has 0 bridgehead atoms. The van der Waals surface area contributed by atoms with Crippen LogP contribution >= 0.6 is 0 Å². The van der Waals surface area contributed by atoms with Crippen LogP contribution < -0.4 is 0 Å². The first-order valence-electron chi connectivity index (χ1n) is 11.7. The Balaban J connectivity index is 1.87. The molecular formula is C29H20N6. The smallest absolute Gasteiger partial charge is 0.223 e. The standard InChI is InChI=1S/C29H20N6/c1-2-19-14-15-26-27(17-19)35-25-13-6-4-11-23(25)32-29(35)33(21-9-7-8-20(16-21)18-30)28-31-22-10-3-5-12-24(22)34(26)28/h3-17H,2H2,1H3. The van der Waals surface area contributed by atoms with E-state index in [0.29, 0.717) is 5.56 Å². The van der Waals surface area contributed by atoms with Gasteiger partial charge in [-0.25, -0.2) is 14.5 Å². The van der Waals surface area contributed by atoms with Gasteiger partial charge in [0.2, 0.25) is 11.6 Å². The van der Waals surface area contributed by atoms with E-state index in [4.69, 9.17) is 9.97 Å². The van der Waals surface area contributed by atoms with Crippen molar-refractivity contribution < 1.29 is 0 Å². The largest absolute Gasteiger partial charge is 0.276 e. The minimum atomic E-state index is 0.586. The van der Waals surface area contributed by atoms with Crippen LogP contribution in [-0.4, -0.2) is 23.3 Å². The lowest BCUT2D eigenvalue weighted by atomic mass is 10.1. The summed E-state index contributed by atoms with van der Waals surface area (Å²) in [5.41, 5.74) is 8.60. The summed E-state index contributed by atoms with van der Waals surface area (Å²) in [4.78, 5) is 10.2. The van der Waals surface area contributed by atoms with Crippen molar-refractivity contribution >= 4 is 44.7 Å². The lowest BCUT2D eigenvalue weighted by Gasteiger charge is -2.07. The molecule has 6 nitrogen and oxygen atoms in total. The number of nitrogens with zero attached hydrogens (tertiary/aromatic N) is 6. The highest BCUT2D eigenvalue weighted by molar-refractivity contribution is 5.93. The minimum Gasteiger partial charge on any atom is -0.276 e. The summed E-state index contributed by atoms with van der Waals surface area (Å²) in [6.45, 7) is 2.17. The van der Waals surface area contributed by atoms with Crippen molar-refractivity contribution in [3.8, 4) is 11.8 Å². The third kappa shape index (κ3) is 2.76. The highest BCUT2D eigenvalue weighted by Crippen LogP contribution is 2.30. The van der Waals surface area contributed by atoms with Gasteiger partial charge in [0.05, 0.1) is 50.4 Å². The van der Waals surface area contributed by atoms with Crippen LogP contribution in [0, 0.1) is 11.3 Å². The molecule has 6 heteroatoms. The summed E-state index contributed by atoms with van der Waals surface area (Å²) in [6, 6.07) is 32.9. The number of para-hydroxylation sites is 4. The van der Waals surface area contributed by atoms with Crippen molar-refractivity contribution in [3.63, 3.8) is 0 Å². The van der Waals surface area contributed by atoms with Gasteiger partial charge < -0.3 is 0 Å². The number of nitriles is 1. The predicted molar refractivity (Wildman–Crippen MR) is 139 cm³/mol. The number of rotatable bonds is 2. The molecule has 0 atom stereocenters. The van der Waals surface area contributed by atoms with Crippen LogP contribution in [0.15, 0.2) is 91.0 Å². The third-order valence-corrected chi connectivity index (χ3v) is 6.65. The SMILES string of the molecule is CCc1ccc2c(c1)n1c3ccccc3nc1n(-c1cccc(C#N)c1)c1nc3ccccc3n21. The van der Waals surface area contributed by atoms with Crippen molar-refractivity contribution in [2.75, 3.05) is 0 Å². The van der Waals surface area contributed by atoms with Crippen LogP contribution in [0.3, 0.4) is 0 Å². The third-order valence-electron chi connectivity index (χ3n) is 6.65. The van der Waals surface area contributed by atoms with E-state index in [9.17, 15) is 5.26 Å². The molecule has 7 aromatic rings. The lowest BCUT2D eigenvalue weighted by molar-refractivity contribution is 1.03. The van der Waals surface area contributed by atoms with Gasteiger partial charge in [-0.2, -0.15) is 5.26 Å². The second kappa shape index (κ2) is 7.31. The summed E-state index contributed by atoms with van der Waals surface area (Å²) < 4.78 is 6.48. The summed E-state index contributed by atoms with van der Waals surface area (Å²) in [5, 5.41) is 9.62. The summed E-state index contributed by atoms with van der Waals surface area (Å²) >= 11 is 0. The first-order chi connectivity index (χ1) is 17.3. The van der Waals surface area contributed by atoms with Crippen molar-refractivity contribution in [3.05, 3.63) is 102 Å². The molecule has 0 saturated carbocycles. The maximum Gasteiger partial charge on any atom is 0.223 e. The Morgan fingerprint density at radius 1 is 0.686 bits per heavy atom. The van der Waals surface area contributed by atoms with Gasteiger partial charge in [-0.05, 0) is 66.6 Å². The van der Waals surface area contributed by atoms with Crippen LogP contribution in [0.25, 0.3) is 50.3 Å². The molecule has 0 aliphatic rings. The number of benzene rings is 4. The highest BCUT2D eigenvalue weighted by atomic mass is 15.3. The van der Waals surface area contributed by atoms with E-state index in [-0.39, 0.29) is 0 Å². The molecule has 0 unspecified atom stereocenters. The molecule has 0 spiro atoms. The lowest BCUT2D eigenvalue weighted by Crippen LogP contribution is -2.02. The fourth-order valence-electron chi connectivity index (χ4n) is 4.99. The highest BCUT2D eigenvalue weighted by Gasteiger charge is 2.18. The molecule has 35 heavy (non-hydrogen) atoms. The number of hydrogen-bond donors (Lipinski definition) is 0. The Morgan fingerprint density at radius 3 is 2.00 bits per heavy atom. The second-order valence-corrected chi connectivity index (χ2v) is 8.65. The van der Waals surface area contributed by atoms with Gasteiger partial charge in [0.1, 0.15) is 0 Å². The average molecular weight is 453 g/mol. The van der Waals surface area contributed by atoms with Crippen molar-refractivity contribution in [2.24, 2.45) is 0 Å². The molecule has 0 radical (unpaired) electrons. The van der Waals surface area contributed by atoms with E-state index in [2.05, 4.69) is 56.7 Å². The molecule has 0 aliphatic heterocycles. The van der Waals surface area contributed by atoms with Gasteiger partial charge in [0.15, 0.2) is 0 Å². The van der Waals surface area contributed by atoms with Crippen LogP contribution in [0.1, 0.15) is 18.1 Å². The predicted octanol–water partition coefficient (Wildman–Crippen LogP) is 6.23. The molecule has 3 aromatic heterocycles. The second-order valence-electron chi connectivity index (χ2n) is 8.65. The Bertz CT molecular complexity index is 2010. The summed E-state index contributed by atoms with van der Waals surface area (Å²) in [5.74, 6) is 1.48. The average Bonchev–Trinajstić information content (AvgIpc) is 3.44. The van der Waals surface area contributed by atoms with Gasteiger partial charge in [0.25, 0.3) is 0 Å². The monoisotopic (exact) mass is 452 g/mol. The van der Waals surface area contributed by atoms with Crippen LogP contribution in [0.4, 0.5) is 0 Å². The zero-order valence-electron chi connectivity index (χ0n) is 19.1. The molecule has 166 valence electrons. The zero-order chi connectivity index (χ0) is 23.5. The number of fused-ring (bicyclic) bond motifs is 9. The molecular weight excluding hydrogens is 432 g/mol. The molecule has 0 fully saturated rings. The van der Waals surface area contributed by atoms with Gasteiger partial charge in [-0.15, -0.1) is 0 Å². The summed E-state index contributed by atoms with van der Waals surface area (Å²) in [6.07, 6.45) is 0.931. The molecule has 7 rings (SSSR count). The van der Waals surface area contributed by atoms with E-state index in [1.807, 2.05) is 60.7 Å². The summed E-state index contributed by atoms with van der Waals surface area (Å²) in [7, 11) is 0. The molecule has 0 amide bonds. The first kappa shape index (κ1) is 19.6. The fraction of sp³-hybridized carbons (Fsp3) is 0.0690. The number of aromatic nitrogens is 5. The van der Waals surface area contributed by atoms with E-state index < -0.39 is 0 Å². The normalized spacial score (nSPS) is 11.7. The quantitative estimate of drug-likeness (QED) is 0.312. The molecule has 0 N–H and O–H groups in total. The van der Waals surface area contributed by atoms with Crippen molar-refractivity contribution in [2.45, 2.75) is 13.3 Å². The van der Waals surface area contributed by atoms with Crippen molar-refractivity contribution in [1.29, 1.82) is 5.26 Å². The van der Waals surface area contributed by atoms with Crippen LogP contribution in [0.5, 0.6) is 0 Å². The first-order valence-corrected chi connectivity index (χ1v) is 11.7. The van der Waals surface area contributed by atoms with E-state index in [0.717, 1.165) is 56.8 Å². The zero-order valence-corrected chi connectivity index (χ0v) is 19.1. The fourth-order valence-corrected chi connectivity index (χ4v) is 4.99. The van der Waals surface area contributed by atoms with Gasteiger partial charge in [0, 0.05) is 0 Å². The van der Waals surface area contributed by atoms with Gasteiger partial charge in [-0.1, -0.05) is 43.3 Å². The van der Waals surface area contributed by atoms with E-state index >= 15 is 0 Å². The Labute approximate surface area is 200 Å². The molecule has 0 aliphatic carbocycles. The van der Waals surface area contributed by atoms with Crippen LogP contribution in [0.2, 0.25) is 0 Å². The minimum absolute atomic E-state index is 0.586. The Hall–Kier alpha value is -4.89. The van der Waals surface area contributed by atoms with Gasteiger partial charge in [-0.3, -0.25) is 8.80 Å². The maximum atomic E-state index is 9.62. The number of hydrogen-bond acceptors (Lipinski definition) is 3. The van der Waals surface area contributed by atoms with Crippen molar-refractivity contribution in [1.82, 2.24) is 23.3 Å². The topological polar surface area (TPSA) is 63.3 Å².